The number of ether oxygens (including phenoxy) is 1. The summed E-state index contributed by atoms with van der Waals surface area (Å²) in [6, 6.07) is 0. The molecule has 0 aliphatic rings. The lowest BCUT2D eigenvalue weighted by atomic mass is 10.6. The predicted molar refractivity (Wildman–Crippen MR) is 44.2 cm³/mol. The Morgan fingerprint density at radius 1 is 1.91 bits per heavy atom. The molecule has 11 heavy (non-hydrogen) atoms. The lowest BCUT2D eigenvalue weighted by Crippen LogP contribution is -2.12. The Hall–Kier alpha value is -0.620. The maximum Gasteiger partial charge on any atom is 0.404 e. The van der Waals surface area contributed by atoms with Gasteiger partial charge >= 0.3 is 6.09 Å². The number of carbonyl (C=O) groups is 1. The van der Waals surface area contributed by atoms with E-state index < -0.39 is 6.09 Å². The molecule has 0 saturated carbocycles. The van der Waals surface area contributed by atoms with Crippen LogP contribution < -0.4 is 5.73 Å². The second-order valence-electron chi connectivity index (χ2n) is 1.67. The Bertz CT molecular complexity index is 263. The van der Waals surface area contributed by atoms with E-state index in [4.69, 9.17) is 5.73 Å². The molecule has 0 spiro atoms. The van der Waals surface area contributed by atoms with Crippen molar-refractivity contribution in [2.75, 3.05) is 0 Å². The van der Waals surface area contributed by atoms with Gasteiger partial charge in [-0.05, 0) is 15.9 Å². The van der Waals surface area contributed by atoms with Gasteiger partial charge in [-0.3, -0.25) is 0 Å². The summed E-state index contributed by atoms with van der Waals surface area (Å²) in [6.45, 7) is 0.181. The molecule has 2 N–H and O–H groups in total. The summed E-state index contributed by atoms with van der Waals surface area (Å²) in [5.41, 5.74) is 6.42. The molecule has 0 aliphatic carbocycles. The van der Waals surface area contributed by atoms with Crippen LogP contribution in [0.1, 0.15) is 4.88 Å². The normalized spacial score (nSPS) is 9.55. The quantitative estimate of drug-likeness (QED) is 0.847. The molecule has 1 aromatic heterocycles. The molecule has 0 saturated heterocycles. The standard InChI is InChI=1S/C5H5BrN2O2S/c6-4-3(11-2-8-4)1-10-5(7)9/h2H,1H2,(H2,7,9). The smallest absolute Gasteiger partial charge is 0.404 e. The molecular formula is C5H5BrN2O2S. The molecule has 0 atom stereocenters. The van der Waals surface area contributed by atoms with Crippen LogP contribution in [-0.4, -0.2) is 11.1 Å². The number of aromatic nitrogens is 1. The number of carbonyl (C=O) groups excluding carboxylic acids is 1. The SMILES string of the molecule is NC(=O)OCc1scnc1Br. The van der Waals surface area contributed by atoms with Crippen molar-refractivity contribution < 1.29 is 9.53 Å². The van der Waals surface area contributed by atoms with Crippen molar-refractivity contribution in [2.24, 2.45) is 5.73 Å². The van der Waals surface area contributed by atoms with Crippen molar-refractivity contribution in [1.29, 1.82) is 0 Å². The average molecular weight is 237 g/mol. The van der Waals surface area contributed by atoms with Gasteiger partial charge in [0.1, 0.15) is 11.2 Å². The van der Waals surface area contributed by atoms with Crippen LogP contribution in [0, 0.1) is 0 Å². The number of hydrogen-bond acceptors (Lipinski definition) is 4. The number of halogens is 1. The Morgan fingerprint density at radius 2 is 2.64 bits per heavy atom. The maximum absolute atomic E-state index is 10.2. The fraction of sp³-hybridized carbons (Fsp3) is 0.200. The highest BCUT2D eigenvalue weighted by molar-refractivity contribution is 9.10. The van der Waals surface area contributed by atoms with Crippen LogP contribution in [0.5, 0.6) is 0 Å². The topological polar surface area (TPSA) is 65.2 Å². The first-order chi connectivity index (χ1) is 5.20. The Balaban J connectivity index is 2.51. The first kappa shape index (κ1) is 8.48. The van der Waals surface area contributed by atoms with Crippen LogP contribution in [-0.2, 0) is 11.3 Å². The number of rotatable bonds is 2. The molecule has 0 radical (unpaired) electrons. The number of thiazole rings is 1. The molecule has 0 fully saturated rings. The summed E-state index contributed by atoms with van der Waals surface area (Å²) in [5, 5.41) is 0. The molecule has 0 aromatic carbocycles. The molecule has 6 heteroatoms. The Kier molecular flexibility index (Phi) is 2.84. The molecule has 1 heterocycles. The third-order valence-corrected chi connectivity index (χ3v) is 2.69. The van der Waals surface area contributed by atoms with E-state index >= 15 is 0 Å². The number of hydrogen-bond donors (Lipinski definition) is 1. The minimum Gasteiger partial charge on any atom is -0.444 e. The largest absolute Gasteiger partial charge is 0.444 e. The highest BCUT2D eigenvalue weighted by Crippen LogP contribution is 2.19. The van der Waals surface area contributed by atoms with Gasteiger partial charge in [-0.1, -0.05) is 0 Å². The molecule has 0 aliphatic heterocycles. The van der Waals surface area contributed by atoms with Crippen molar-refractivity contribution in [3.8, 4) is 0 Å². The Labute approximate surface area is 75.5 Å². The van der Waals surface area contributed by atoms with Crippen molar-refractivity contribution in [1.82, 2.24) is 4.98 Å². The van der Waals surface area contributed by atoms with Gasteiger partial charge in [0.05, 0.1) is 10.4 Å². The number of nitrogens with zero attached hydrogens (tertiary/aromatic N) is 1. The third-order valence-electron chi connectivity index (χ3n) is 0.937. The van der Waals surface area contributed by atoms with E-state index in [-0.39, 0.29) is 6.61 Å². The minimum atomic E-state index is -0.773. The van der Waals surface area contributed by atoms with E-state index in [0.717, 1.165) is 4.88 Å². The molecule has 4 nitrogen and oxygen atoms in total. The lowest BCUT2D eigenvalue weighted by Gasteiger charge is -1.96. The highest BCUT2D eigenvalue weighted by Gasteiger charge is 2.03. The number of nitrogens with two attached hydrogens (primary N) is 1. The fourth-order valence-corrected chi connectivity index (χ4v) is 1.68. The molecule has 60 valence electrons. The Morgan fingerprint density at radius 3 is 3.09 bits per heavy atom. The van der Waals surface area contributed by atoms with Crippen molar-refractivity contribution >= 4 is 33.4 Å². The summed E-state index contributed by atoms with van der Waals surface area (Å²) < 4.78 is 5.24. The third kappa shape index (κ3) is 2.47. The van der Waals surface area contributed by atoms with Gasteiger partial charge in [0.25, 0.3) is 0 Å². The molecule has 0 bridgehead atoms. The fourth-order valence-electron chi connectivity index (χ4n) is 0.487. The zero-order chi connectivity index (χ0) is 8.27. The van der Waals surface area contributed by atoms with E-state index in [2.05, 4.69) is 25.7 Å². The van der Waals surface area contributed by atoms with Crippen LogP contribution in [0.2, 0.25) is 0 Å². The van der Waals surface area contributed by atoms with E-state index in [1.165, 1.54) is 11.3 Å². The zero-order valence-corrected chi connectivity index (χ0v) is 7.81. The van der Waals surface area contributed by atoms with Gasteiger partial charge in [-0.2, -0.15) is 0 Å². The number of amides is 1. The first-order valence-corrected chi connectivity index (χ1v) is 4.37. The molecule has 1 aromatic rings. The molecule has 1 amide bonds. The summed E-state index contributed by atoms with van der Waals surface area (Å²) in [7, 11) is 0. The molecule has 0 unspecified atom stereocenters. The van der Waals surface area contributed by atoms with E-state index in [9.17, 15) is 4.79 Å². The van der Waals surface area contributed by atoms with E-state index in [0.29, 0.717) is 4.60 Å². The van der Waals surface area contributed by atoms with Crippen molar-refractivity contribution in [3.63, 3.8) is 0 Å². The second-order valence-corrected chi connectivity index (χ2v) is 3.36. The zero-order valence-electron chi connectivity index (χ0n) is 5.41. The van der Waals surface area contributed by atoms with Crippen LogP contribution in [0.3, 0.4) is 0 Å². The summed E-state index contributed by atoms with van der Waals surface area (Å²) in [5.74, 6) is 0. The van der Waals surface area contributed by atoms with Crippen LogP contribution in [0.15, 0.2) is 10.1 Å². The average Bonchev–Trinajstić information content (AvgIpc) is 2.31. The summed E-state index contributed by atoms with van der Waals surface area (Å²) in [6.07, 6.45) is -0.773. The molecular weight excluding hydrogens is 232 g/mol. The molecule has 1 rings (SSSR count). The first-order valence-electron chi connectivity index (χ1n) is 2.70. The van der Waals surface area contributed by atoms with E-state index in [1.54, 1.807) is 5.51 Å². The maximum atomic E-state index is 10.2. The van der Waals surface area contributed by atoms with Gasteiger partial charge in [0.15, 0.2) is 0 Å². The van der Waals surface area contributed by atoms with Gasteiger partial charge in [0, 0.05) is 0 Å². The van der Waals surface area contributed by atoms with Crippen LogP contribution in [0.25, 0.3) is 0 Å². The number of primary amides is 1. The van der Waals surface area contributed by atoms with Gasteiger partial charge in [-0.25, -0.2) is 9.78 Å². The van der Waals surface area contributed by atoms with Crippen LogP contribution >= 0.6 is 27.3 Å². The predicted octanol–water partition coefficient (Wildman–Crippen LogP) is 1.50. The summed E-state index contributed by atoms with van der Waals surface area (Å²) in [4.78, 5) is 14.9. The monoisotopic (exact) mass is 236 g/mol. The van der Waals surface area contributed by atoms with Gasteiger partial charge < -0.3 is 10.5 Å². The van der Waals surface area contributed by atoms with E-state index in [1.807, 2.05) is 0 Å². The van der Waals surface area contributed by atoms with Crippen LogP contribution in [0.4, 0.5) is 4.79 Å². The van der Waals surface area contributed by atoms with Gasteiger partial charge in [-0.15, -0.1) is 11.3 Å². The minimum absolute atomic E-state index is 0.181. The lowest BCUT2D eigenvalue weighted by molar-refractivity contribution is 0.151. The summed E-state index contributed by atoms with van der Waals surface area (Å²) >= 11 is 4.58. The highest BCUT2D eigenvalue weighted by atomic mass is 79.9. The van der Waals surface area contributed by atoms with Crippen molar-refractivity contribution in [2.45, 2.75) is 6.61 Å². The van der Waals surface area contributed by atoms with Gasteiger partial charge in [0.2, 0.25) is 0 Å². The van der Waals surface area contributed by atoms with Crippen molar-refractivity contribution in [3.05, 3.63) is 15.0 Å². The second kappa shape index (κ2) is 3.68.